The van der Waals surface area contributed by atoms with E-state index in [-0.39, 0.29) is 11.3 Å². The molecule has 1 aromatic heterocycles. The molecule has 0 aliphatic heterocycles. The number of carbonyl (C=O) groups excluding carboxylic acids is 2. The molecule has 1 N–H and O–H groups in total. The minimum absolute atomic E-state index is 0.156. The first-order valence-corrected chi connectivity index (χ1v) is 8.38. The van der Waals surface area contributed by atoms with Crippen LogP contribution in [0, 0.1) is 0 Å². The molecule has 0 bridgehead atoms. The molecule has 1 heterocycles. The lowest BCUT2D eigenvalue weighted by molar-refractivity contribution is -0.137. The summed E-state index contributed by atoms with van der Waals surface area (Å²) in [5.41, 5.74) is 0.239. The van der Waals surface area contributed by atoms with Crippen molar-refractivity contribution < 1.29 is 27.5 Å². The van der Waals surface area contributed by atoms with Gasteiger partial charge in [-0.05, 0) is 55.5 Å². The first-order chi connectivity index (χ1) is 13.7. The van der Waals surface area contributed by atoms with E-state index in [1.807, 2.05) is 0 Å². The van der Waals surface area contributed by atoms with Crippen LogP contribution in [0.1, 0.15) is 22.8 Å². The van der Waals surface area contributed by atoms with Gasteiger partial charge < -0.3 is 10.1 Å². The smallest absolute Gasteiger partial charge is 0.416 e. The van der Waals surface area contributed by atoms with E-state index >= 15 is 0 Å². The molecule has 2 aromatic carbocycles. The Labute approximate surface area is 163 Å². The van der Waals surface area contributed by atoms with E-state index in [9.17, 15) is 22.8 Å². The number of hydrogen-bond donors (Lipinski definition) is 1. The van der Waals surface area contributed by atoms with Gasteiger partial charge in [-0.3, -0.25) is 4.79 Å². The first-order valence-electron chi connectivity index (χ1n) is 8.38. The van der Waals surface area contributed by atoms with Crippen molar-refractivity contribution in [2.24, 2.45) is 0 Å². The minimum Gasteiger partial charge on any atom is -0.449 e. The molecule has 0 saturated carbocycles. The Kier molecular flexibility index (Phi) is 5.62. The topological polar surface area (TPSA) is 86.1 Å². The predicted molar refractivity (Wildman–Crippen MR) is 96.3 cm³/mol. The fourth-order valence-corrected chi connectivity index (χ4v) is 2.36. The third kappa shape index (κ3) is 4.98. The summed E-state index contributed by atoms with van der Waals surface area (Å²) in [7, 11) is 0. The zero-order valence-electron chi connectivity index (χ0n) is 15.1. The quantitative estimate of drug-likeness (QED) is 0.658. The number of esters is 1. The van der Waals surface area contributed by atoms with Crippen LogP contribution in [-0.2, 0) is 15.7 Å². The summed E-state index contributed by atoms with van der Waals surface area (Å²) in [6.45, 7) is 1.36. The molecule has 0 aliphatic rings. The highest BCUT2D eigenvalue weighted by Crippen LogP contribution is 2.29. The van der Waals surface area contributed by atoms with Crippen molar-refractivity contribution in [2.45, 2.75) is 19.2 Å². The number of nitrogens with one attached hydrogen (secondary N) is 1. The molecule has 0 radical (unpaired) electrons. The molecule has 29 heavy (non-hydrogen) atoms. The second-order valence-corrected chi connectivity index (χ2v) is 6.00. The number of anilines is 1. The van der Waals surface area contributed by atoms with E-state index in [0.29, 0.717) is 5.69 Å². The molecule has 0 fully saturated rings. The average Bonchev–Trinajstić information content (AvgIpc) is 3.22. The highest BCUT2D eigenvalue weighted by atomic mass is 19.4. The van der Waals surface area contributed by atoms with Gasteiger partial charge in [-0.25, -0.2) is 14.5 Å². The third-order valence-electron chi connectivity index (χ3n) is 3.92. The summed E-state index contributed by atoms with van der Waals surface area (Å²) in [6, 6.07) is 10.2. The van der Waals surface area contributed by atoms with Gasteiger partial charge in [0.25, 0.3) is 5.91 Å². The molecule has 10 heteroatoms. The van der Waals surface area contributed by atoms with Crippen LogP contribution >= 0.6 is 0 Å². The third-order valence-corrected chi connectivity index (χ3v) is 3.92. The van der Waals surface area contributed by atoms with Crippen LogP contribution in [0.2, 0.25) is 0 Å². The molecule has 0 aliphatic carbocycles. The van der Waals surface area contributed by atoms with Crippen molar-refractivity contribution in [1.29, 1.82) is 0 Å². The first kappa shape index (κ1) is 20.1. The Morgan fingerprint density at radius 2 is 1.72 bits per heavy atom. The number of benzene rings is 2. The van der Waals surface area contributed by atoms with Crippen LogP contribution in [-0.4, -0.2) is 32.7 Å². The van der Waals surface area contributed by atoms with Crippen LogP contribution in [0.5, 0.6) is 0 Å². The number of aromatic nitrogens is 3. The van der Waals surface area contributed by atoms with Crippen LogP contribution in [0.4, 0.5) is 18.9 Å². The van der Waals surface area contributed by atoms with Crippen molar-refractivity contribution >= 4 is 17.6 Å². The molecule has 1 atom stereocenters. The summed E-state index contributed by atoms with van der Waals surface area (Å²) >= 11 is 0. The van der Waals surface area contributed by atoms with Gasteiger partial charge in [0, 0.05) is 5.69 Å². The molecule has 3 aromatic rings. The molecule has 1 amide bonds. The number of carbonyl (C=O) groups is 2. The molecule has 0 unspecified atom stereocenters. The standard InChI is InChI=1S/C19H15F3N4O3/c1-12(17(27)25-15-6-4-14(5-7-15)19(20,21)22)29-18(28)13-2-8-16(9-3-13)26-11-23-10-24-26/h2-12H,1H3,(H,25,27)/t12-/m1/s1. The molecular formula is C19H15F3N4O3. The van der Waals surface area contributed by atoms with Gasteiger partial charge in [-0.15, -0.1) is 0 Å². The maximum absolute atomic E-state index is 12.6. The van der Waals surface area contributed by atoms with E-state index in [0.717, 1.165) is 24.3 Å². The Bertz CT molecular complexity index is 985. The normalized spacial score (nSPS) is 12.3. The van der Waals surface area contributed by atoms with Gasteiger partial charge in [0.1, 0.15) is 12.7 Å². The van der Waals surface area contributed by atoms with Gasteiger partial charge in [0.05, 0.1) is 16.8 Å². The van der Waals surface area contributed by atoms with Crippen molar-refractivity contribution in [3.63, 3.8) is 0 Å². The van der Waals surface area contributed by atoms with E-state index < -0.39 is 29.7 Å². The zero-order valence-corrected chi connectivity index (χ0v) is 15.1. The fourth-order valence-electron chi connectivity index (χ4n) is 2.36. The highest BCUT2D eigenvalue weighted by molar-refractivity contribution is 5.97. The van der Waals surface area contributed by atoms with E-state index in [1.165, 1.54) is 36.4 Å². The lowest BCUT2D eigenvalue weighted by Gasteiger charge is -2.14. The Morgan fingerprint density at radius 3 is 2.28 bits per heavy atom. The number of amides is 1. The molecule has 0 saturated heterocycles. The van der Waals surface area contributed by atoms with Crippen molar-refractivity contribution in [2.75, 3.05) is 5.32 Å². The van der Waals surface area contributed by atoms with Gasteiger partial charge in [-0.1, -0.05) is 0 Å². The Hall–Kier alpha value is -3.69. The van der Waals surface area contributed by atoms with E-state index in [1.54, 1.807) is 12.1 Å². The molecule has 3 rings (SSSR count). The predicted octanol–water partition coefficient (Wildman–Crippen LogP) is 3.47. The summed E-state index contributed by atoms with van der Waals surface area (Å²) in [4.78, 5) is 28.2. The molecule has 7 nitrogen and oxygen atoms in total. The minimum atomic E-state index is -4.46. The molecule has 0 spiro atoms. The number of alkyl halides is 3. The molecule has 150 valence electrons. The summed E-state index contributed by atoms with van der Waals surface area (Å²) in [6.07, 6.45) is -2.74. The lowest BCUT2D eigenvalue weighted by Crippen LogP contribution is -2.30. The van der Waals surface area contributed by atoms with E-state index in [2.05, 4.69) is 15.4 Å². The average molecular weight is 404 g/mol. The van der Waals surface area contributed by atoms with Crippen molar-refractivity contribution in [1.82, 2.24) is 14.8 Å². The van der Waals surface area contributed by atoms with E-state index in [4.69, 9.17) is 4.74 Å². The zero-order chi connectivity index (χ0) is 21.0. The summed E-state index contributed by atoms with van der Waals surface area (Å²) in [5.74, 6) is -1.39. The van der Waals surface area contributed by atoms with Crippen LogP contribution in [0.3, 0.4) is 0 Å². The van der Waals surface area contributed by atoms with Crippen LogP contribution in [0.25, 0.3) is 5.69 Å². The number of ether oxygens (including phenoxy) is 1. The maximum atomic E-state index is 12.6. The van der Waals surface area contributed by atoms with Crippen molar-refractivity contribution in [3.8, 4) is 5.69 Å². The monoisotopic (exact) mass is 404 g/mol. The number of halogens is 3. The second kappa shape index (κ2) is 8.13. The molecular weight excluding hydrogens is 389 g/mol. The number of nitrogens with zero attached hydrogens (tertiary/aromatic N) is 3. The number of rotatable bonds is 5. The van der Waals surface area contributed by atoms with Crippen LogP contribution < -0.4 is 5.32 Å². The lowest BCUT2D eigenvalue weighted by atomic mass is 10.2. The Morgan fingerprint density at radius 1 is 1.07 bits per heavy atom. The SMILES string of the molecule is C[C@@H](OC(=O)c1ccc(-n2cncn2)cc1)C(=O)Nc1ccc(C(F)(F)F)cc1. The van der Waals surface area contributed by atoms with Gasteiger partial charge in [0.15, 0.2) is 6.10 Å². The maximum Gasteiger partial charge on any atom is 0.416 e. The number of hydrogen-bond acceptors (Lipinski definition) is 5. The fraction of sp³-hybridized carbons (Fsp3) is 0.158. The van der Waals surface area contributed by atoms with Gasteiger partial charge in [0.2, 0.25) is 0 Å². The van der Waals surface area contributed by atoms with Gasteiger partial charge >= 0.3 is 12.1 Å². The summed E-state index contributed by atoms with van der Waals surface area (Å²) in [5, 5.41) is 6.37. The second-order valence-electron chi connectivity index (χ2n) is 6.00. The van der Waals surface area contributed by atoms with Crippen LogP contribution in [0.15, 0.2) is 61.2 Å². The van der Waals surface area contributed by atoms with Crippen molar-refractivity contribution in [3.05, 3.63) is 72.3 Å². The highest BCUT2D eigenvalue weighted by Gasteiger charge is 2.30. The van der Waals surface area contributed by atoms with Gasteiger partial charge in [-0.2, -0.15) is 18.3 Å². The largest absolute Gasteiger partial charge is 0.449 e. The Balaban J connectivity index is 1.58. The summed E-state index contributed by atoms with van der Waals surface area (Å²) < 4.78 is 44.3.